The molecule has 1 atom stereocenters. The van der Waals surface area contributed by atoms with E-state index in [1.54, 1.807) is 18.4 Å². The SMILES string of the molecule is CN1CCOCC1C(=COC(=O)c1ccccc1)CN1CCOCC1. The minimum atomic E-state index is -0.334. The molecule has 2 aliphatic heterocycles. The van der Waals surface area contributed by atoms with E-state index in [4.69, 9.17) is 14.2 Å². The number of benzene rings is 1. The summed E-state index contributed by atoms with van der Waals surface area (Å²) in [5.74, 6) is -0.334. The van der Waals surface area contributed by atoms with Gasteiger partial charge >= 0.3 is 5.97 Å². The molecule has 25 heavy (non-hydrogen) atoms. The molecule has 0 spiro atoms. The zero-order valence-electron chi connectivity index (χ0n) is 14.7. The largest absolute Gasteiger partial charge is 0.431 e. The van der Waals surface area contributed by atoms with E-state index in [2.05, 4.69) is 16.8 Å². The zero-order chi connectivity index (χ0) is 17.5. The van der Waals surface area contributed by atoms with Crippen LogP contribution in [0.4, 0.5) is 0 Å². The fraction of sp³-hybridized carbons (Fsp3) is 0.526. The van der Waals surface area contributed by atoms with Crippen LogP contribution in [0, 0.1) is 0 Å². The Morgan fingerprint density at radius 2 is 1.88 bits per heavy atom. The van der Waals surface area contributed by atoms with Gasteiger partial charge in [-0.15, -0.1) is 0 Å². The molecule has 136 valence electrons. The smallest absolute Gasteiger partial charge is 0.342 e. The van der Waals surface area contributed by atoms with Crippen LogP contribution in [0.3, 0.4) is 0 Å². The van der Waals surface area contributed by atoms with Gasteiger partial charge in [-0.05, 0) is 24.8 Å². The first-order valence-electron chi connectivity index (χ1n) is 8.77. The van der Waals surface area contributed by atoms with Crippen LogP contribution >= 0.6 is 0 Å². The molecule has 0 radical (unpaired) electrons. The molecule has 0 aromatic heterocycles. The van der Waals surface area contributed by atoms with Crippen LogP contribution in [0.5, 0.6) is 0 Å². The number of ether oxygens (including phenoxy) is 3. The first-order valence-corrected chi connectivity index (χ1v) is 8.77. The average molecular weight is 346 g/mol. The van der Waals surface area contributed by atoms with Gasteiger partial charge in [0.2, 0.25) is 0 Å². The maximum atomic E-state index is 12.3. The Hall–Kier alpha value is -1.73. The lowest BCUT2D eigenvalue weighted by atomic mass is 10.1. The van der Waals surface area contributed by atoms with Crippen LogP contribution in [0.1, 0.15) is 10.4 Å². The van der Waals surface area contributed by atoms with Crippen LogP contribution in [0.2, 0.25) is 0 Å². The molecule has 6 heteroatoms. The second-order valence-electron chi connectivity index (χ2n) is 6.42. The monoisotopic (exact) mass is 346 g/mol. The molecular formula is C19H26N2O4. The van der Waals surface area contributed by atoms with Gasteiger partial charge < -0.3 is 14.2 Å². The Morgan fingerprint density at radius 1 is 1.16 bits per heavy atom. The number of carbonyl (C=O) groups excluding carboxylic acids is 1. The van der Waals surface area contributed by atoms with Gasteiger partial charge in [0.05, 0.1) is 44.3 Å². The average Bonchev–Trinajstić information content (AvgIpc) is 2.67. The first kappa shape index (κ1) is 18.1. The van der Waals surface area contributed by atoms with Crippen LogP contribution in [-0.4, -0.2) is 81.5 Å². The summed E-state index contributed by atoms with van der Waals surface area (Å²) in [5, 5.41) is 0. The van der Waals surface area contributed by atoms with Crippen molar-refractivity contribution in [2.45, 2.75) is 6.04 Å². The molecule has 0 aliphatic carbocycles. The second kappa shape index (κ2) is 9.10. The van der Waals surface area contributed by atoms with Crippen molar-refractivity contribution in [2.24, 2.45) is 0 Å². The van der Waals surface area contributed by atoms with Crippen molar-refractivity contribution < 1.29 is 19.0 Å². The van der Waals surface area contributed by atoms with Gasteiger partial charge in [-0.1, -0.05) is 18.2 Å². The highest BCUT2D eigenvalue weighted by molar-refractivity contribution is 5.89. The van der Waals surface area contributed by atoms with E-state index in [1.807, 2.05) is 18.2 Å². The zero-order valence-corrected chi connectivity index (χ0v) is 14.7. The lowest BCUT2D eigenvalue weighted by molar-refractivity contribution is 0.00954. The van der Waals surface area contributed by atoms with Crippen LogP contribution in [0.25, 0.3) is 0 Å². The standard InChI is InChI=1S/C19H26N2O4/c1-20-7-10-24-15-18(20)17(13-21-8-11-23-12-9-21)14-25-19(22)16-5-3-2-4-6-16/h2-6,14,18H,7-13,15H2,1H3. The van der Waals surface area contributed by atoms with Gasteiger partial charge in [-0.2, -0.15) is 0 Å². The van der Waals surface area contributed by atoms with E-state index in [9.17, 15) is 4.79 Å². The van der Waals surface area contributed by atoms with Gasteiger partial charge in [0, 0.05) is 26.2 Å². The quantitative estimate of drug-likeness (QED) is 0.593. The van der Waals surface area contributed by atoms with E-state index in [0.29, 0.717) is 12.2 Å². The molecule has 2 saturated heterocycles. The van der Waals surface area contributed by atoms with E-state index >= 15 is 0 Å². The summed E-state index contributed by atoms with van der Waals surface area (Å²) in [7, 11) is 2.08. The summed E-state index contributed by atoms with van der Waals surface area (Å²) < 4.78 is 16.6. The molecule has 1 aromatic rings. The number of rotatable bonds is 5. The highest BCUT2D eigenvalue weighted by Crippen LogP contribution is 2.17. The topological polar surface area (TPSA) is 51.2 Å². The van der Waals surface area contributed by atoms with Gasteiger partial charge in [0.25, 0.3) is 0 Å². The Bertz CT molecular complexity index is 584. The fourth-order valence-electron chi connectivity index (χ4n) is 3.09. The maximum absolute atomic E-state index is 12.3. The Kier molecular flexibility index (Phi) is 6.58. The minimum absolute atomic E-state index is 0.125. The van der Waals surface area contributed by atoms with Crippen molar-refractivity contribution in [1.82, 2.24) is 9.80 Å². The molecule has 0 bridgehead atoms. The van der Waals surface area contributed by atoms with Crippen molar-refractivity contribution in [1.29, 1.82) is 0 Å². The highest BCUT2D eigenvalue weighted by Gasteiger charge is 2.26. The minimum Gasteiger partial charge on any atom is -0.431 e. The summed E-state index contributed by atoms with van der Waals surface area (Å²) >= 11 is 0. The molecule has 2 fully saturated rings. The predicted octanol–water partition coefficient (Wildman–Crippen LogP) is 1.39. The Labute approximate surface area is 148 Å². The molecule has 3 rings (SSSR count). The molecule has 6 nitrogen and oxygen atoms in total. The number of hydrogen-bond acceptors (Lipinski definition) is 6. The number of esters is 1. The molecule has 2 heterocycles. The lowest BCUT2D eigenvalue weighted by Gasteiger charge is -2.36. The summed E-state index contributed by atoms with van der Waals surface area (Å²) in [4.78, 5) is 16.8. The summed E-state index contributed by atoms with van der Waals surface area (Å²) in [5.41, 5.74) is 1.62. The van der Waals surface area contributed by atoms with E-state index in [-0.39, 0.29) is 12.0 Å². The molecule has 0 N–H and O–H groups in total. The van der Waals surface area contributed by atoms with Crippen molar-refractivity contribution in [3.8, 4) is 0 Å². The van der Waals surface area contributed by atoms with Crippen molar-refractivity contribution in [3.63, 3.8) is 0 Å². The normalized spacial score (nSPS) is 23.4. The number of likely N-dealkylation sites (N-methyl/N-ethyl adjacent to an activating group) is 1. The molecule has 0 saturated carbocycles. The number of nitrogens with zero attached hydrogens (tertiary/aromatic N) is 2. The third-order valence-corrected chi connectivity index (χ3v) is 4.66. The summed E-state index contributed by atoms with van der Waals surface area (Å²) in [6.07, 6.45) is 1.63. The van der Waals surface area contributed by atoms with Gasteiger partial charge in [-0.25, -0.2) is 4.79 Å². The molecule has 1 aromatic carbocycles. The van der Waals surface area contributed by atoms with Crippen molar-refractivity contribution >= 4 is 5.97 Å². The molecular weight excluding hydrogens is 320 g/mol. The Morgan fingerprint density at radius 3 is 2.60 bits per heavy atom. The molecule has 0 amide bonds. The summed E-state index contributed by atoms with van der Waals surface area (Å²) in [6.45, 7) is 6.25. The van der Waals surface area contributed by atoms with Crippen molar-refractivity contribution in [3.05, 3.63) is 47.7 Å². The van der Waals surface area contributed by atoms with Crippen molar-refractivity contribution in [2.75, 3.05) is 59.7 Å². The van der Waals surface area contributed by atoms with Crippen LogP contribution in [-0.2, 0) is 14.2 Å². The Balaban J connectivity index is 1.71. The highest BCUT2D eigenvalue weighted by atomic mass is 16.5. The van der Waals surface area contributed by atoms with Gasteiger partial charge in [-0.3, -0.25) is 9.80 Å². The number of morpholine rings is 2. The second-order valence-corrected chi connectivity index (χ2v) is 6.42. The van der Waals surface area contributed by atoms with Crippen LogP contribution in [0.15, 0.2) is 42.2 Å². The van der Waals surface area contributed by atoms with Gasteiger partial charge in [0.1, 0.15) is 0 Å². The number of carbonyl (C=O) groups is 1. The third kappa shape index (κ3) is 5.12. The summed E-state index contributed by atoms with van der Waals surface area (Å²) in [6, 6.07) is 9.18. The third-order valence-electron chi connectivity index (χ3n) is 4.66. The van der Waals surface area contributed by atoms with E-state index in [0.717, 1.165) is 51.6 Å². The lowest BCUT2D eigenvalue weighted by Crippen LogP contribution is -2.47. The van der Waals surface area contributed by atoms with Crippen LogP contribution < -0.4 is 0 Å². The molecule has 2 aliphatic rings. The molecule has 1 unspecified atom stereocenters. The number of hydrogen-bond donors (Lipinski definition) is 0. The van der Waals surface area contributed by atoms with E-state index < -0.39 is 0 Å². The maximum Gasteiger partial charge on any atom is 0.342 e. The first-order chi connectivity index (χ1) is 12.2. The van der Waals surface area contributed by atoms with Gasteiger partial charge in [0.15, 0.2) is 0 Å². The predicted molar refractivity (Wildman–Crippen MR) is 94.4 cm³/mol. The fourth-order valence-corrected chi connectivity index (χ4v) is 3.09. The van der Waals surface area contributed by atoms with E-state index in [1.165, 1.54) is 0 Å².